The molecule has 94 valence electrons. The Hall–Kier alpha value is -1.56. The van der Waals surface area contributed by atoms with Crippen molar-refractivity contribution < 1.29 is 13.2 Å². The third-order valence-electron chi connectivity index (χ3n) is 2.21. The van der Waals surface area contributed by atoms with Gasteiger partial charge in [0.1, 0.15) is 9.84 Å². The molecule has 0 unspecified atom stereocenters. The van der Waals surface area contributed by atoms with Crippen molar-refractivity contribution >= 4 is 21.4 Å². The fourth-order valence-electron chi connectivity index (χ4n) is 1.31. The number of nitrogens with one attached hydrogen (secondary N) is 1. The third-order valence-corrected chi connectivity index (χ3v) is 3.16. The minimum absolute atomic E-state index is 0.0789. The van der Waals surface area contributed by atoms with Crippen LogP contribution in [0.2, 0.25) is 0 Å². The van der Waals surface area contributed by atoms with Crippen molar-refractivity contribution in [2.24, 2.45) is 0 Å². The van der Waals surface area contributed by atoms with Crippen LogP contribution in [0.4, 0.5) is 5.69 Å². The van der Waals surface area contributed by atoms with Crippen molar-refractivity contribution in [2.75, 3.05) is 24.3 Å². The average molecular weight is 256 g/mol. The van der Waals surface area contributed by atoms with E-state index in [4.69, 9.17) is 5.73 Å². The van der Waals surface area contributed by atoms with E-state index in [1.54, 1.807) is 12.1 Å². The lowest BCUT2D eigenvalue weighted by Gasteiger charge is -2.07. The number of hydrogen-bond donors (Lipinski definition) is 2. The summed E-state index contributed by atoms with van der Waals surface area (Å²) in [6.45, 7) is 1.94. The molecule has 0 aromatic heterocycles. The Labute approximate surface area is 101 Å². The van der Waals surface area contributed by atoms with E-state index < -0.39 is 9.84 Å². The molecule has 5 nitrogen and oxygen atoms in total. The minimum atomic E-state index is -3.07. The molecule has 0 saturated carbocycles. The van der Waals surface area contributed by atoms with Gasteiger partial charge >= 0.3 is 0 Å². The van der Waals surface area contributed by atoms with Gasteiger partial charge in [-0.3, -0.25) is 4.79 Å². The molecule has 6 heteroatoms. The van der Waals surface area contributed by atoms with Crippen LogP contribution in [0.25, 0.3) is 0 Å². The zero-order valence-electron chi connectivity index (χ0n) is 9.86. The minimum Gasteiger partial charge on any atom is -0.398 e. The number of carbonyl (C=O) groups is 1. The predicted octanol–water partition coefficient (Wildman–Crippen LogP) is 0.352. The van der Waals surface area contributed by atoms with Gasteiger partial charge in [-0.2, -0.15) is 0 Å². The SMILES string of the molecule is Cc1ccc(N)c(C(=O)NCCS(C)(=O)=O)c1. The molecule has 0 heterocycles. The van der Waals surface area contributed by atoms with Crippen LogP contribution in [0, 0.1) is 6.92 Å². The van der Waals surface area contributed by atoms with E-state index in [2.05, 4.69) is 5.32 Å². The van der Waals surface area contributed by atoms with E-state index in [0.29, 0.717) is 11.3 Å². The first kappa shape index (κ1) is 13.5. The molecule has 0 spiro atoms. The van der Waals surface area contributed by atoms with Crippen LogP contribution in [0.1, 0.15) is 15.9 Å². The summed E-state index contributed by atoms with van der Waals surface area (Å²) < 4.78 is 21.8. The lowest BCUT2D eigenvalue weighted by atomic mass is 10.1. The Morgan fingerprint density at radius 1 is 1.41 bits per heavy atom. The lowest BCUT2D eigenvalue weighted by Crippen LogP contribution is -2.29. The van der Waals surface area contributed by atoms with Gasteiger partial charge in [0.05, 0.1) is 11.3 Å². The summed E-state index contributed by atoms with van der Waals surface area (Å²) in [5, 5.41) is 2.53. The van der Waals surface area contributed by atoms with Crippen LogP contribution in [-0.4, -0.2) is 32.9 Å². The van der Waals surface area contributed by atoms with Gasteiger partial charge in [-0.05, 0) is 19.1 Å². The molecule has 17 heavy (non-hydrogen) atoms. The van der Waals surface area contributed by atoms with E-state index in [-0.39, 0.29) is 18.2 Å². The summed E-state index contributed by atoms with van der Waals surface area (Å²) in [6, 6.07) is 5.13. The average Bonchev–Trinajstić information content (AvgIpc) is 2.19. The second-order valence-electron chi connectivity index (χ2n) is 3.98. The molecule has 0 aliphatic heterocycles. The molecule has 1 amide bonds. The Kier molecular flexibility index (Phi) is 4.11. The molecule has 0 fully saturated rings. The maximum absolute atomic E-state index is 11.7. The number of carbonyl (C=O) groups excluding carboxylic acids is 1. The molecule has 0 radical (unpaired) electrons. The number of rotatable bonds is 4. The molecule has 1 rings (SSSR count). The highest BCUT2D eigenvalue weighted by Gasteiger charge is 2.10. The van der Waals surface area contributed by atoms with Crippen molar-refractivity contribution in [1.82, 2.24) is 5.32 Å². The van der Waals surface area contributed by atoms with Gasteiger partial charge < -0.3 is 11.1 Å². The van der Waals surface area contributed by atoms with Crippen LogP contribution < -0.4 is 11.1 Å². The molecular weight excluding hydrogens is 240 g/mol. The van der Waals surface area contributed by atoms with Gasteiger partial charge in [-0.25, -0.2) is 8.42 Å². The van der Waals surface area contributed by atoms with Gasteiger partial charge in [0.25, 0.3) is 5.91 Å². The molecule has 0 saturated heterocycles. The van der Waals surface area contributed by atoms with E-state index in [1.807, 2.05) is 13.0 Å². The quantitative estimate of drug-likeness (QED) is 0.761. The molecule has 1 aromatic rings. The highest BCUT2D eigenvalue weighted by Crippen LogP contribution is 2.13. The van der Waals surface area contributed by atoms with Crippen molar-refractivity contribution in [2.45, 2.75) is 6.92 Å². The monoisotopic (exact) mass is 256 g/mol. The largest absolute Gasteiger partial charge is 0.398 e. The summed E-state index contributed by atoms with van der Waals surface area (Å²) in [4.78, 5) is 11.7. The summed E-state index contributed by atoms with van der Waals surface area (Å²) in [6.07, 6.45) is 1.13. The van der Waals surface area contributed by atoms with Gasteiger partial charge in [-0.15, -0.1) is 0 Å². The van der Waals surface area contributed by atoms with Crippen molar-refractivity contribution in [1.29, 1.82) is 0 Å². The standard InChI is InChI=1S/C11H16N2O3S/c1-8-3-4-10(12)9(7-8)11(14)13-5-6-17(2,15)16/h3-4,7H,5-6,12H2,1-2H3,(H,13,14). The van der Waals surface area contributed by atoms with Gasteiger partial charge in [-0.1, -0.05) is 11.6 Å². The van der Waals surface area contributed by atoms with Crippen molar-refractivity contribution in [3.05, 3.63) is 29.3 Å². The molecule has 3 N–H and O–H groups in total. The number of anilines is 1. The normalized spacial score (nSPS) is 11.2. The first-order valence-corrected chi connectivity index (χ1v) is 7.18. The number of aryl methyl sites for hydroxylation is 1. The zero-order valence-corrected chi connectivity index (χ0v) is 10.7. The summed E-state index contributed by atoms with van der Waals surface area (Å²) >= 11 is 0. The van der Waals surface area contributed by atoms with E-state index in [9.17, 15) is 13.2 Å². The first-order valence-electron chi connectivity index (χ1n) is 5.11. The Morgan fingerprint density at radius 3 is 2.65 bits per heavy atom. The van der Waals surface area contributed by atoms with Crippen LogP contribution >= 0.6 is 0 Å². The second-order valence-corrected chi connectivity index (χ2v) is 6.24. The smallest absolute Gasteiger partial charge is 0.253 e. The molecule has 1 aromatic carbocycles. The van der Waals surface area contributed by atoms with E-state index >= 15 is 0 Å². The summed E-state index contributed by atoms with van der Waals surface area (Å²) in [5.41, 5.74) is 7.35. The lowest BCUT2D eigenvalue weighted by molar-refractivity contribution is 0.0957. The van der Waals surface area contributed by atoms with Gasteiger partial charge in [0, 0.05) is 18.5 Å². The van der Waals surface area contributed by atoms with Crippen LogP contribution in [-0.2, 0) is 9.84 Å². The number of nitrogens with two attached hydrogens (primary N) is 1. The number of benzene rings is 1. The molecule has 0 bridgehead atoms. The Balaban J connectivity index is 2.67. The van der Waals surface area contributed by atoms with Crippen molar-refractivity contribution in [3.8, 4) is 0 Å². The molecule has 0 atom stereocenters. The number of amides is 1. The van der Waals surface area contributed by atoms with Crippen LogP contribution in [0.5, 0.6) is 0 Å². The molecule has 0 aliphatic carbocycles. The number of nitrogen functional groups attached to an aromatic ring is 1. The van der Waals surface area contributed by atoms with Gasteiger partial charge in [0.15, 0.2) is 0 Å². The fourth-order valence-corrected chi connectivity index (χ4v) is 1.78. The molecular formula is C11H16N2O3S. The molecule has 0 aliphatic rings. The van der Waals surface area contributed by atoms with Crippen molar-refractivity contribution in [3.63, 3.8) is 0 Å². The topological polar surface area (TPSA) is 89.3 Å². The fraction of sp³-hybridized carbons (Fsp3) is 0.364. The number of sulfone groups is 1. The predicted molar refractivity (Wildman–Crippen MR) is 67.6 cm³/mol. The Bertz CT molecular complexity index is 524. The second kappa shape index (κ2) is 5.18. The summed E-state index contributed by atoms with van der Waals surface area (Å²) in [5.74, 6) is -0.431. The summed E-state index contributed by atoms with van der Waals surface area (Å²) in [7, 11) is -3.07. The zero-order chi connectivity index (χ0) is 13.1. The van der Waals surface area contributed by atoms with E-state index in [1.165, 1.54) is 0 Å². The number of hydrogen-bond acceptors (Lipinski definition) is 4. The van der Waals surface area contributed by atoms with Gasteiger partial charge in [0.2, 0.25) is 0 Å². The Morgan fingerprint density at radius 2 is 2.06 bits per heavy atom. The van der Waals surface area contributed by atoms with Crippen LogP contribution in [0.3, 0.4) is 0 Å². The highest BCUT2D eigenvalue weighted by atomic mass is 32.2. The van der Waals surface area contributed by atoms with Crippen LogP contribution in [0.15, 0.2) is 18.2 Å². The van der Waals surface area contributed by atoms with E-state index in [0.717, 1.165) is 11.8 Å². The maximum atomic E-state index is 11.7. The maximum Gasteiger partial charge on any atom is 0.253 e. The highest BCUT2D eigenvalue weighted by molar-refractivity contribution is 7.90. The first-order chi connectivity index (χ1) is 7.79. The third kappa shape index (κ3) is 4.44.